The van der Waals surface area contributed by atoms with Gasteiger partial charge in [-0.2, -0.15) is 0 Å². The number of benzene rings is 1. The van der Waals surface area contributed by atoms with E-state index in [-0.39, 0.29) is 0 Å². The van der Waals surface area contributed by atoms with Crippen LogP contribution in [-0.2, 0) is 0 Å². The quantitative estimate of drug-likeness (QED) is 0.841. The molecule has 0 radical (unpaired) electrons. The zero-order valence-electron chi connectivity index (χ0n) is 11.1. The first kappa shape index (κ1) is 13.2. The average Bonchev–Trinajstić information content (AvgIpc) is 2.86. The molecule has 1 fully saturated rings. The van der Waals surface area contributed by atoms with Crippen LogP contribution in [0.15, 0.2) is 24.3 Å². The van der Waals surface area contributed by atoms with Crippen LogP contribution in [0.25, 0.3) is 0 Å². The van der Waals surface area contributed by atoms with E-state index in [0.717, 1.165) is 25.1 Å². The van der Waals surface area contributed by atoms with Crippen molar-refractivity contribution < 1.29 is 9.84 Å². The van der Waals surface area contributed by atoms with Gasteiger partial charge in [0.25, 0.3) is 0 Å². The molecule has 2 rings (SSSR count). The van der Waals surface area contributed by atoms with Gasteiger partial charge in [0.05, 0.1) is 6.61 Å². The summed E-state index contributed by atoms with van der Waals surface area (Å²) in [6.45, 7) is 4.14. The van der Waals surface area contributed by atoms with Crippen LogP contribution in [0.3, 0.4) is 0 Å². The highest BCUT2D eigenvalue weighted by atomic mass is 16.5. The van der Waals surface area contributed by atoms with Gasteiger partial charge in [-0.05, 0) is 56.9 Å². The maximum Gasteiger partial charge on any atom is 0.119 e. The third-order valence-corrected chi connectivity index (χ3v) is 3.55. The summed E-state index contributed by atoms with van der Waals surface area (Å²) in [4.78, 5) is 2.46. The van der Waals surface area contributed by atoms with E-state index in [1.807, 2.05) is 19.1 Å². The molecular weight excluding hydrogens is 226 g/mol. The van der Waals surface area contributed by atoms with E-state index >= 15 is 0 Å². The normalized spacial score (nSPS) is 19.2. The summed E-state index contributed by atoms with van der Waals surface area (Å²) in [6.07, 6.45) is 4.48. The molecule has 0 bridgehead atoms. The lowest BCUT2D eigenvalue weighted by molar-refractivity contribution is 0.279. The smallest absolute Gasteiger partial charge is 0.119 e. The minimum Gasteiger partial charge on any atom is -0.494 e. The van der Waals surface area contributed by atoms with Crippen molar-refractivity contribution in [3.05, 3.63) is 24.3 Å². The summed E-state index contributed by atoms with van der Waals surface area (Å²) >= 11 is 0. The molecule has 1 aliphatic heterocycles. The Balaban J connectivity index is 2.00. The van der Waals surface area contributed by atoms with Crippen molar-refractivity contribution in [2.45, 2.75) is 38.6 Å². The predicted octanol–water partition coefficient (Wildman–Crippen LogP) is 2.83. The topological polar surface area (TPSA) is 32.7 Å². The first-order chi connectivity index (χ1) is 8.85. The third kappa shape index (κ3) is 3.16. The van der Waals surface area contributed by atoms with Crippen molar-refractivity contribution in [1.82, 2.24) is 0 Å². The fourth-order valence-corrected chi connectivity index (χ4v) is 2.70. The van der Waals surface area contributed by atoms with Crippen molar-refractivity contribution in [2.24, 2.45) is 0 Å². The van der Waals surface area contributed by atoms with Gasteiger partial charge < -0.3 is 14.7 Å². The van der Waals surface area contributed by atoms with Gasteiger partial charge >= 0.3 is 0 Å². The molecule has 0 amide bonds. The van der Waals surface area contributed by atoms with Crippen LogP contribution in [0.1, 0.15) is 32.6 Å². The minimum atomic E-state index is 0.299. The number of anilines is 1. The molecule has 1 aliphatic rings. The number of aliphatic hydroxyl groups excluding tert-OH is 1. The Morgan fingerprint density at radius 1 is 1.33 bits per heavy atom. The summed E-state index contributed by atoms with van der Waals surface area (Å²) in [5.74, 6) is 0.937. The summed E-state index contributed by atoms with van der Waals surface area (Å²) in [6, 6.07) is 8.96. The molecule has 0 aromatic heterocycles. The molecule has 100 valence electrons. The lowest BCUT2D eigenvalue weighted by atomic mass is 10.1. The highest BCUT2D eigenvalue weighted by Crippen LogP contribution is 2.29. The average molecular weight is 249 g/mol. The Labute approximate surface area is 109 Å². The number of hydrogen-bond acceptors (Lipinski definition) is 3. The van der Waals surface area contributed by atoms with Gasteiger partial charge in [-0.15, -0.1) is 0 Å². The van der Waals surface area contributed by atoms with E-state index in [1.165, 1.54) is 18.5 Å². The highest BCUT2D eigenvalue weighted by Gasteiger charge is 2.23. The minimum absolute atomic E-state index is 0.299. The molecular formula is C15H23NO2. The lowest BCUT2D eigenvalue weighted by Gasteiger charge is -2.27. The SMILES string of the molecule is CCOc1ccc(N2CCCC2CCCO)cc1. The van der Waals surface area contributed by atoms with Crippen molar-refractivity contribution in [3.63, 3.8) is 0 Å². The Morgan fingerprint density at radius 2 is 2.11 bits per heavy atom. The van der Waals surface area contributed by atoms with Crippen molar-refractivity contribution in [3.8, 4) is 5.75 Å². The van der Waals surface area contributed by atoms with Crippen LogP contribution in [0, 0.1) is 0 Å². The number of rotatable bonds is 6. The van der Waals surface area contributed by atoms with Gasteiger partial charge in [-0.3, -0.25) is 0 Å². The molecule has 0 saturated carbocycles. The van der Waals surface area contributed by atoms with Crippen molar-refractivity contribution in [2.75, 3.05) is 24.7 Å². The second-order valence-corrected chi connectivity index (χ2v) is 4.78. The predicted molar refractivity (Wildman–Crippen MR) is 74.3 cm³/mol. The Morgan fingerprint density at radius 3 is 2.78 bits per heavy atom. The van der Waals surface area contributed by atoms with Crippen LogP contribution in [-0.4, -0.2) is 30.9 Å². The van der Waals surface area contributed by atoms with Crippen LogP contribution in [0.5, 0.6) is 5.75 Å². The summed E-state index contributed by atoms with van der Waals surface area (Å²) in [5.41, 5.74) is 1.28. The fourth-order valence-electron chi connectivity index (χ4n) is 2.70. The number of ether oxygens (including phenoxy) is 1. The summed E-state index contributed by atoms with van der Waals surface area (Å²) in [5, 5.41) is 8.94. The maximum atomic E-state index is 8.94. The standard InChI is InChI=1S/C15H23NO2/c1-2-18-15-9-7-14(8-10-15)16-11-3-5-13(16)6-4-12-17/h7-10,13,17H,2-6,11-12H2,1H3. The maximum absolute atomic E-state index is 8.94. The summed E-state index contributed by atoms with van der Waals surface area (Å²) in [7, 11) is 0. The van der Waals surface area contributed by atoms with Crippen LogP contribution < -0.4 is 9.64 Å². The van der Waals surface area contributed by atoms with Gasteiger partial charge in [0.2, 0.25) is 0 Å². The van der Waals surface area contributed by atoms with Crippen LogP contribution >= 0.6 is 0 Å². The highest BCUT2D eigenvalue weighted by molar-refractivity contribution is 5.50. The second kappa shape index (κ2) is 6.64. The monoisotopic (exact) mass is 249 g/mol. The number of aliphatic hydroxyl groups is 1. The van der Waals surface area contributed by atoms with E-state index in [4.69, 9.17) is 9.84 Å². The van der Waals surface area contributed by atoms with Gasteiger partial charge in [0.1, 0.15) is 5.75 Å². The van der Waals surface area contributed by atoms with E-state index < -0.39 is 0 Å². The zero-order chi connectivity index (χ0) is 12.8. The Kier molecular flexibility index (Phi) is 4.88. The first-order valence-electron chi connectivity index (χ1n) is 6.95. The zero-order valence-corrected chi connectivity index (χ0v) is 11.1. The molecule has 0 aliphatic carbocycles. The third-order valence-electron chi connectivity index (χ3n) is 3.55. The lowest BCUT2D eigenvalue weighted by Crippen LogP contribution is -2.29. The molecule has 1 saturated heterocycles. The van der Waals surface area contributed by atoms with Gasteiger partial charge in [-0.25, -0.2) is 0 Å². The van der Waals surface area contributed by atoms with Crippen molar-refractivity contribution in [1.29, 1.82) is 0 Å². The van der Waals surface area contributed by atoms with Crippen molar-refractivity contribution >= 4 is 5.69 Å². The van der Waals surface area contributed by atoms with E-state index in [2.05, 4.69) is 17.0 Å². The fraction of sp³-hybridized carbons (Fsp3) is 0.600. The van der Waals surface area contributed by atoms with Gasteiger partial charge in [0.15, 0.2) is 0 Å². The summed E-state index contributed by atoms with van der Waals surface area (Å²) < 4.78 is 5.46. The number of nitrogens with zero attached hydrogens (tertiary/aromatic N) is 1. The Hall–Kier alpha value is -1.22. The molecule has 1 N–H and O–H groups in total. The molecule has 1 unspecified atom stereocenters. The molecule has 3 heteroatoms. The van der Waals surface area contributed by atoms with Crippen LogP contribution in [0.4, 0.5) is 5.69 Å². The van der Waals surface area contributed by atoms with E-state index in [1.54, 1.807) is 0 Å². The van der Waals surface area contributed by atoms with E-state index in [0.29, 0.717) is 19.3 Å². The second-order valence-electron chi connectivity index (χ2n) is 4.78. The molecule has 18 heavy (non-hydrogen) atoms. The van der Waals surface area contributed by atoms with E-state index in [9.17, 15) is 0 Å². The molecule has 0 spiro atoms. The van der Waals surface area contributed by atoms with Gasteiger partial charge in [0, 0.05) is 24.9 Å². The molecule has 1 aromatic rings. The molecule has 3 nitrogen and oxygen atoms in total. The van der Waals surface area contributed by atoms with Crippen LogP contribution in [0.2, 0.25) is 0 Å². The molecule has 1 aromatic carbocycles. The largest absolute Gasteiger partial charge is 0.494 e. The van der Waals surface area contributed by atoms with Gasteiger partial charge in [-0.1, -0.05) is 0 Å². The first-order valence-corrected chi connectivity index (χ1v) is 6.95. The molecule has 1 heterocycles. The Bertz CT molecular complexity index is 350. The molecule has 1 atom stereocenters. The number of hydrogen-bond donors (Lipinski definition) is 1.